The van der Waals surface area contributed by atoms with Crippen molar-refractivity contribution in [3.05, 3.63) is 28.3 Å². The lowest BCUT2D eigenvalue weighted by Gasteiger charge is -2.06. The summed E-state index contributed by atoms with van der Waals surface area (Å²) in [6.07, 6.45) is 1.80. The van der Waals surface area contributed by atoms with Crippen molar-refractivity contribution in [3.63, 3.8) is 0 Å². The third kappa shape index (κ3) is 2.93. The molecular formula is C12H16Cl2N4S. The zero-order chi connectivity index (χ0) is 14.0. The highest BCUT2D eigenvalue weighted by molar-refractivity contribution is 7.98. The fraction of sp³-hybridized carbons (Fsp3) is 0.500. The Labute approximate surface area is 127 Å². The summed E-state index contributed by atoms with van der Waals surface area (Å²) in [5.41, 5.74) is 2.93. The summed E-state index contributed by atoms with van der Waals surface area (Å²) in [5, 5.41) is 6.10. The van der Waals surface area contributed by atoms with Crippen molar-refractivity contribution in [1.29, 1.82) is 0 Å². The summed E-state index contributed by atoms with van der Waals surface area (Å²) in [6, 6.07) is 0. The van der Waals surface area contributed by atoms with Gasteiger partial charge in [0, 0.05) is 19.3 Å². The minimum absolute atomic E-state index is 0.469. The Hall–Kier alpha value is -0.650. The SMILES string of the molecule is CCn1nc(C)c(Cl)c1CSc1ncc(CCl)n1C. The second-order valence-electron chi connectivity index (χ2n) is 4.18. The van der Waals surface area contributed by atoms with E-state index in [1.807, 2.05) is 23.2 Å². The molecule has 0 aliphatic heterocycles. The van der Waals surface area contributed by atoms with Crippen molar-refractivity contribution in [2.24, 2.45) is 7.05 Å². The van der Waals surface area contributed by atoms with E-state index < -0.39 is 0 Å². The molecule has 2 aromatic heterocycles. The average molecular weight is 319 g/mol. The number of alkyl halides is 1. The van der Waals surface area contributed by atoms with Crippen LogP contribution in [-0.4, -0.2) is 19.3 Å². The molecule has 0 aromatic carbocycles. The monoisotopic (exact) mass is 318 g/mol. The highest BCUT2D eigenvalue weighted by atomic mass is 35.5. The minimum Gasteiger partial charge on any atom is -0.325 e. The van der Waals surface area contributed by atoms with Gasteiger partial charge in [0.05, 0.1) is 34.2 Å². The van der Waals surface area contributed by atoms with E-state index in [-0.39, 0.29) is 0 Å². The fourth-order valence-corrected chi connectivity index (χ4v) is 3.35. The number of aryl methyl sites for hydroxylation is 2. The Morgan fingerprint density at radius 1 is 1.42 bits per heavy atom. The van der Waals surface area contributed by atoms with Crippen molar-refractivity contribution in [2.45, 2.75) is 37.2 Å². The lowest BCUT2D eigenvalue weighted by molar-refractivity contribution is 0.631. The Morgan fingerprint density at radius 3 is 2.74 bits per heavy atom. The van der Waals surface area contributed by atoms with Crippen LogP contribution >= 0.6 is 35.0 Å². The number of rotatable bonds is 5. The summed E-state index contributed by atoms with van der Waals surface area (Å²) in [6.45, 7) is 4.80. The van der Waals surface area contributed by atoms with E-state index in [4.69, 9.17) is 23.2 Å². The molecule has 0 unspecified atom stereocenters. The molecule has 0 saturated heterocycles. The highest BCUT2D eigenvalue weighted by Crippen LogP contribution is 2.28. The van der Waals surface area contributed by atoms with Crippen LogP contribution in [0.5, 0.6) is 0 Å². The first-order chi connectivity index (χ1) is 9.08. The van der Waals surface area contributed by atoms with Crippen LogP contribution in [0.3, 0.4) is 0 Å². The molecule has 0 radical (unpaired) electrons. The van der Waals surface area contributed by atoms with Crippen molar-refractivity contribution >= 4 is 35.0 Å². The van der Waals surface area contributed by atoms with Crippen LogP contribution in [0.4, 0.5) is 0 Å². The minimum atomic E-state index is 0.469. The van der Waals surface area contributed by atoms with E-state index in [2.05, 4.69) is 17.0 Å². The Balaban J connectivity index is 2.16. The molecule has 7 heteroatoms. The van der Waals surface area contributed by atoms with Crippen LogP contribution in [0.25, 0.3) is 0 Å². The van der Waals surface area contributed by atoms with Gasteiger partial charge < -0.3 is 4.57 Å². The lowest BCUT2D eigenvalue weighted by Crippen LogP contribution is -2.02. The van der Waals surface area contributed by atoms with Gasteiger partial charge in [-0.1, -0.05) is 23.4 Å². The standard InChI is InChI=1S/C12H16Cl2N4S/c1-4-18-10(11(14)8(2)16-18)7-19-12-15-6-9(5-13)17(12)3/h6H,4-5,7H2,1-3H3. The molecule has 0 aliphatic carbocycles. The summed E-state index contributed by atoms with van der Waals surface area (Å²) < 4.78 is 3.95. The summed E-state index contributed by atoms with van der Waals surface area (Å²) in [5.74, 6) is 1.22. The van der Waals surface area contributed by atoms with Crippen LogP contribution in [-0.2, 0) is 25.2 Å². The Bertz CT molecular complexity index is 577. The molecule has 0 amide bonds. The number of nitrogens with zero attached hydrogens (tertiary/aromatic N) is 4. The largest absolute Gasteiger partial charge is 0.325 e. The molecule has 2 heterocycles. The molecule has 0 bridgehead atoms. The predicted octanol–water partition coefficient (Wildman–Crippen LogP) is 3.63. The second-order valence-corrected chi connectivity index (χ2v) is 5.76. The van der Waals surface area contributed by atoms with E-state index in [1.165, 1.54) is 0 Å². The third-order valence-electron chi connectivity index (χ3n) is 2.97. The van der Waals surface area contributed by atoms with Crippen LogP contribution in [0.2, 0.25) is 5.02 Å². The van der Waals surface area contributed by atoms with Gasteiger partial charge in [0.25, 0.3) is 0 Å². The molecule has 19 heavy (non-hydrogen) atoms. The maximum Gasteiger partial charge on any atom is 0.168 e. The van der Waals surface area contributed by atoms with Gasteiger partial charge in [-0.15, -0.1) is 11.6 Å². The number of hydrogen-bond acceptors (Lipinski definition) is 3. The van der Waals surface area contributed by atoms with Gasteiger partial charge in [-0.2, -0.15) is 5.10 Å². The number of halogens is 2. The van der Waals surface area contributed by atoms with Gasteiger partial charge in [-0.3, -0.25) is 4.68 Å². The first kappa shape index (κ1) is 14.8. The van der Waals surface area contributed by atoms with Crippen molar-refractivity contribution in [3.8, 4) is 0 Å². The zero-order valence-corrected chi connectivity index (χ0v) is 13.5. The first-order valence-corrected chi connectivity index (χ1v) is 7.89. The van der Waals surface area contributed by atoms with Gasteiger partial charge in [0.2, 0.25) is 0 Å². The number of thioether (sulfide) groups is 1. The van der Waals surface area contributed by atoms with E-state index in [1.54, 1.807) is 18.0 Å². The maximum absolute atomic E-state index is 6.29. The van der Waals surface area contributed by atoms with Crippen molar-refractivity contribution < 1.29 is 0 Å². The van der Waals surface area contributed by atoms with Gasteiger partial charge in [0.1, 0.15) is 0 Å². The van der Waals surface area contributed by atoms with E-state index >= 15 is 0 Å². The van der Waals surface area contributed by atoms with Crippen LogP contribution in [0.1, 0.15) is 24.0 Å². The van der Waals surface area contributed by atoms with Gasteiger partial charge >= 0.3 is 0 Å². The fourth-order valence-electron chi connectivity index (χ4n) is 1.82. The van der Waals surface area contributed by atoms with Gasteiger partial charge in [-0.25, -0.2) is 4.98 Å². The van der Waals surface area contributed by atoms with Crippen LogP contribution in [0, 0.1) is 6.92 Å². The van der Waals surface area contributed by atoms with E-state index in [0.29, 0.717) is 5.88 Å². The van der Waals surface area contributed by atoms with E-state index in [9.17, 15) is 0 Å². The number of aromatic nitrogens is 4. The zero-order valence-electron chi connectivity index (χ0n) is 11.2. The smallest absolute Gasteiger partial charge is 0.168 e. The third-order valence-corrected chi connectivity index (χ3v) is 4.79. The molecule has 2 rings (SSSR count). The van der Waals surface area contributed by atoms with Crippen LogP contribution in [0.15, 0.2) is 11.4 Å². The molecule has 2 aromatic rings. The normalized spacial score (nSPS) is 11.2. The molecule has 0 spiro atoms. The molecule has 0 saturated carbocycles. The predicted molar refractivity (Wildman–Crippen MR) is 80.0 cm³/mol. The molecule has 0 fully saturated rings. The topological polar surface area (TPSA) is 35.6 Å². The maximum atomic E-state index is 6.29. The van der Waals surface area contributed by atoms with Crippen molar-refractivity contribution in [1.82, 2.24) is 19.3 Å². The molecule has 4 nitrogen and oxygen atoms in total. The summed E-state index contributed by atoms with van der Waals surface area (Å²) >= 11 is 13.8. The summed E-state index contributed by atoms with van der Waals surface area (Å²) in [4.78, 5) is 4.36. The van der Waals surface area contributed by atoms with E-state index in [0.717, 1.165) is 39.6 Å². The molecule has 104 valence electrons. The Kier molecular flexibility index (Phi) is 4.81. The Morgan fingerprint density at radius 2 is 2.16 bits per heavy atom. The summed E-state index contributed by atoms with van der Waals surface area (Å²) in [7, 11) is 1.97. The molecular weight excluding hydrogens is 303 g/mol. The van der Waals surface area contributed by atoms with Gasteiger partial charge in [-0.05, 0) is 13.8 Å². The van der Waals surface area contributed by atoms with Crippen LogP contribution < -0.4 is 0 Å². The first-order valence-electron chi connectivity index (χ1n) is 5.99. The second kappa shape index (κ2) is 6.20. The number of imidazole rings is 1. The quantitative estimate of drug-likeness (QED) is 0.624. The average Bonchev–Trinajstić information content (AvgIpc) is 2.89. The lowest BCUT2D eigenvalue weighted by atomic mass is 10.4. The highest BCUT2D eigenvalue weighted by Gasteiger charge is 2.14. The van der Waals surface area contributed by atoms with Crippen molar-refractivity contribution in [2.75, 3.05) is 0 Å². The molecule has 0 aliphatic rings. The number of hydrogen-bond donors (Lipinski definition) is 0. The molecule has 0 N–H and O–H groups in total. The van der Waals surface area contributed by atoms with Gasteiger partial charge in [0.15, 0.2) is 5.16 Å². The molecule has 0 atom stereocenters.